The fourth-order valence-corrected chi connectivity index (χ4v) is 3.72. The predicted molar refractivity (Wildman–Crippen MR) is 84.6 cm³/mol. The number of hydrogen-bond acceptors (Lipinski definition) is 5. The highest BCUT2D eigenvalue weighted by Gasteiger charge is 2.46. The van der Waals surface area contributed by atoms with Gasteiger partial charge in [0.15, 0.2) is 0 Å². The van der Waals surface area contributed by atoms with E-state index in [1.807, 2.05) is 6.07 Å². The van der Waals surface area contributed by atoms with Crippen LogP contribution in [0.1, 0.15) is 46.4 Å². The van der Waals surface area contributed by atoms with E-state index in [9.17, 15) is 19.2 Å². The lowest BCUT2D eigenvalue weighted by molar-refractivity contribution is -0.136. The van der Waals surface area contributed by atoms with Crippen molar-refractivity contribution in [1.29, 1.82) is 0 Å². The van der Waals surface area contributed by atoms with Gasteiger partial charge in [-0.3, -0.25) is 29.4 Å². The number of piperidine rings is 1. The fourth-order valence-electron chi connectivity index (χ4n) is 3.72. The van der Waals surface area contributed by atoms with Crippen molar-refractivity contribution >= 4 is 29.3 Å². The number of hydrogen-bond donors (Lipinski definition) is 1. The lowest BCUT2D eigenvalue weighted by atomic mass is 10.0. The summed E-state index contributed by atoms with van der Waals surface area (Å²) in [6, 6.07) is 4.33. The fraction of sp³-hybridized carbons (Fsp3) is 0.412. The summed E-state index contributed by atoms with van der Waals surface area (Å²) < 4.78 is 0. The smallest absolute Gasteiger partial charge is 0.264 e. The Bertz CT molecular complexity index is 767. The third-order valence-electron chi connectivity index (χ3n) is 4.89. The third kappa shape index (κ3) is 2.11. The van der Waals surface area contributed by atoms with Gasteiger partial charge in [0.2, 0.25) is 11.8 Å². The van der Waals surface area contributed by atoms with Gasteiger partial charge in [0.1, 0.15) is 6.04 Å². The van der Waals surface area contributed by atoms with Gasteiger partial charge in [0.25, 0.3) is 11.8 Å². The number of nitrogens with zero attached hydrogens (tertiary/aromatic N) is 2. The SMILES string of the molecule is O=C1CCC(N2C(=O)c3cccc(N4CCCC4)c3C2=O)C(=O)N1. The van der Waals surface area contributed by atoms with Gasteiger partial charge in [0, 0.05) is 19.5 Å². The first kappa shape index (κ1) is 14.9. The third-order valence-corrected chi connectivity index (χ3v) is 4.89. The van der Waals surface area contributed by atoms with E-state index in [1.54, 1.807) is 12.1 Å². The first-order chi connectivity index (χ1) is 11.6. The van der Waals surface area contributed by atoms with Crippen LogP contribution in [0.3, 0.4) is 0 Å². The Morgan fingerprint density at radius 2 is 1.75 bits per heavy atom. The zero-order chi connectivity index (χ0) is 16.8. The Hall–Kier alpha value is -2.70. The van der Waals surface area contributed by atoms with Crippen molar-refractivity contribution < 1.29 is 19.2 Å². The maximum absolute atomic E-state index is 12.9. The van der Waals surface area contributed by atoms with Gasteiger partial charge in [0.05, 0.1) is 16.8 Å². The van der Waals surface area contributed by atoms with E-state index in [2.05, 4.69) is 10.2 Å². The molecule has 2 fully saturated rings. The molecule has 1 atom stereocenters. The van der Waals surface area contributed by atoms with Crippen LogP contribution in [0.5, 0.6) is 0 Å². The minimum atomic E-state index is -0.915. The number of fused-ring (bicyclic) bond motifs is 1. The zero-order valence-electron chi connectivity index (χ0n) is 13.1. The van der Waals surface area contributed by atoms with Gasteiger partial charge < -0.3 is 4.90 Å². The quantitative estimate of drug-likeness (QED) is 0.808. The molecule has 24 heavy (non-hydrogen) atoms. The van der Waals surface area contributed by atoms with Gasteiger partial charge in [-0.1, -0.05) is 6.07 Å². The molecule has 0 saturated carbocycles. The summed E-state index contributed by atoms with van der Waals surface area (Å²) in [5.41, 5.74) is 1.49. The van der Waals surface area contributed by atoms with Crippen LogP contribution < -0.4 is 10.2 Å². The normalized spacial score (nSPS) is 23.8. The predicted octanol–water partition coefficient (Wildman–Crippen LogP) is 0.688. The minimum absolute atomic E-state index is 0.128. The average Bonchev–Trinajstić information content (AvgIpc) is 3.17. The Kier molecular flexibility index (Phi) is 3.37. The molecule has 1 unspecified atom stereocenters. The van der Waals surface area contributed by atoms with Gasteiger partial charge in [-0.15, -0.1) is 0 Å². The molecule has 3 aliphatic heterocycles. The maximum atomic E-state index is 12.9. The minimum Gasteiger partial charge on any atom is -0.371 e. The van der Waals surface area contributed by atoms with Crippen molar-refractivity contribution in [1.82, 2.24) is 10.2 Å². The van der Waals surface area contributed by atoms with E-state index in [0.717, 1.165) is 36.5 Å². The molecule has 0 aromatic heterocycles. The van der Waals surface area contributed by atoms with Gasteiger partial charge in [-0.25, -0.2) is 0 Å². The Morgan fingerprint density at radius 3 is 2.46 bits per heavy atom. The molecule has 2 saturated heterocycles. The Labute approximate surface area is 138 Å². The standard InChI is InChI=1S/C17H17N3O4/c21-13-7-6-12(15(22)18-13)20-16(23)10-4-3-5-11(14(10)17(20)24)19-8-1-2-9-19/h3-5,12H,1-2,6-9H2,(H,18,21,22). The molecular formula is C17H17N3O4. The van der Waals surface area contributed by atoms with E-state index < -0.39 is 23.8 Å². The molecule has 1 aromatic carbocycles. The van der Waals surface area contributed by atoms with Crippen molar-refractivity contribution in [3.63, 3.8) is 0 Å². The molecule has 1 aromatic rings. The van der Waals surface area contributed by atoms with Crippen LogP contribution in [0, 0.1) is 0 Å². The van der Waals surface area contributed by atoms with E-state index in [1.165, 1.54) is 0 Å². The summed E-state index contributed by atoms with van der Waals surface area (Å²) in [6.07, 6.45) is 2.42. The molecule has 7 nitrogen and oxygen atoms in total. The number of benzene rings is 1. The summed E-state index contributed by atoms with van der Waals surface area (Å²) in [5.74, 6) is -1.84. The summed E-state index contributed by atoms with van der Waals surface area (Å²) in [4.78, 5) is 52.2. The van der Waals surface area contributed by atoms with Crippen LogP contribution >= 0.6 is 0 Å². The lowest BCUT2D eigenvalue weighted by Crippen LogP contribution is -2.54. The summed E-state index contributed by atoms with van der Waals surface area (Å²) in [7, 11) is 0. The monoisotopic (exact) mass is 327 g/mol. The van der Waals surface area contributed by atoms with Crippen molar-refractivity contribution in [3.05, 3.63) is 29.3 Å². The van der Waals surface area contributed by atoms with Crippen LogP contribution in [-0.2, 0) is 9.59 Å². The molecule has 3 aliphatic rings. The Morgan fingerprint density at radius 1 is 1.00 bits per heavy atom. The molecule has 4 rings (SSSR count). The number of nitrogens with one attached hydrogen (secondary N) is 1. The summed E-state index contributed by atoms with van der Waals surface area (Å²) >= 11 is 0. The largest absolute Gasteiger partial charge is 0.371 e. The highest BCUT2D eigenvalue weighted by Crippen LogP contribution is 2.35. The Balaban J connectivity index is 1.72. The van der Waals surface area contributed by atoms with Crippen LogP contribution in [0.25, 0.3) is 0 Å². The van der Waals surface area contributed by atoms with Crippen LogP contribution in [0.4, 0.5) is 5.69 Å². The second-order valence-corrected chi connectivity index (χ2v) is 6.34. The second kappa shape index (κ2) is 5.43. The lowest BCUT2D eigenvalue weighted by Gasteiger charge is -2.28. The molecule has 0 bridgehead atoms. The number of amides is 4. The second-order valence-electron chi connectivity index (χ2n) is 6.34. The molecule has 0 aliphatic carbocycles. The number of imide groups is 2. The molecule has 1 N–H and O–H groups in total. The summed E-state index contributed by atoms with van der Waals surface area (Å²) in [6.45, 7) is 1.71. The van der Waals surface area contributed by atoms with Crippen molar-refractivity contribution in [2.75, 3.05) is 18.0 Å². The molecule has 4 amide bonds. The maximum Gasteiger partial charge on any atom is 0.264 e. The first-order valence-electron chi connectivity index (χ1n) is 8.17. The number of anilines is 1. The molecular weight excluding hydrogens is 310 g/mol. The van der Waals surface area contributed by atoms with Crippen LogP contribution in [0.15, 0.2) is 18.2 Å². The van der Waals surface area contributed by atoms with Gasteiger partial charge in [-0.2, -0.15) is 0 Å². The molecule has 124 valence electrons. The molecule has 3 heterocycles. The van der Waals surface area contributed by atoms with Crippen LogP contribution in [-0.4, -0.2) is 47.7 Å². The zero-order valence-corrected chi connectivity index (χ0v) is 13.1. The van der Waals surface area contributed by atoms with Gasteiger partial charge >= 0.3 is 0 Å². The summed E-state index contributed by atoms with van der Waals surface area (Å²) in [5, 5.41) is 2.21. The number of carbonyl (C=O) groups excluding carboxylic acids is 4. The average molecular weight is 327 g/mol. The molecule has 0 radical (unpaired) electrons. The molecule has 7 heteroatoms. The topological polar surface area (TPSA) is 86.8 Å². The first-order valence-corrected chi connectivity index (χ1v) is 8.17. The van der Waals surface area contributed by atoms with Crippen molar-refractivity contribution in [2.45, 2.75) is 31.7 Å². The van der Waals surface area contributed by atoms with E-state index in [4.69, 9.17) is 0 Å². The van der Waals surface area contributed by atoms with Crippen LogP contribution in [0.2, 0.25) is 0 Å². The van der Waals surface area contributed by atoms with Crippen molar-refractivity contribution in [3.8, 4) is 0 Å². The van der Waals surface area contributed by atoms with E-state index in [-0.39, 0.29) is 18.7 Å². The number of carbonyl (C=O) groups is 4. The highest BCUT2D eigenvalue weighted by molar-refractivity contribution is 6.25. The van der Waals surface area contributed by atoms with Crippen molar-refractivity contribution in [2.24, 2.45) is 0 Å². The van der Waals surface area contributed by atoms with Gasteiger partial charge in [-0.05, 0) is 31.4 Å². The van der Waals surface area contributed by atoms with E-state index in [0.29, 0.717) is 11.1 Å². The highest BCUT2D eigenvalue weighted by atomic mass is 16.2. The number of rotatable bonds is 2. The molecule has 0 spiro atoms. The van der Waals surface area contributed by atoms with E-state index >= 15 is 0 Å².